The van der Waals surface area contributed by atoms with Crippen LogP contribution in [0.25, 0.3) is 0 Å². The van der Waals surface area contributed by atoms with E-state index < -0.39 is 16.5 Å². The Bertz CT molecular complexity index is 533. The summed E-state index contributed by atoms with van der Waals surface area (Å²) < 4.78 is 4.74. The van der Waals surface area contributed by atoms with Gasteiger partial charge in [-0.25, -0.2) is 0 Å². The average molecular weight is 218 g/mol. The van der Waals surface area contributed by atoms with Crippen LogP contribution in [0.15, 0.2) is 41.0 Å². The minimum atomic E-state index is -0.717. The van der Waals surface area contributed by atoms with E-state index in [1.54, 1.807) is 30.3 Å². The molecule has 2 rings (SSSR count). The molecule has 0 atom stereocenters. The highest BCUT2D eigenvalue weighted by Gasteiger charge is 2.23. The third-order valence-corrected chi connectivity index (χ3v) is 1.91. The zero-order valence-corrected chi connectivity index (χ0v) is 7.99. The smallest absolute Gasteiger partial charge is 0.403 e. The molecule has 80 valence electrons. The maximum absolute atomic E-state index is 11.7. The summed E-state index contributed by atoms with van der Waals surface area (Å²) >= 11 is 0. The van der Waals surface area contributed by atoms with Crippen molar-refractivity contribution in [3.8, 4) is 0 Å². The molecule has 2 aromatic rings. The molecule has 0 aliphatic carbocycles. The molecular formula is C10H6N2O4. The second kappa shape index (κ2) is 3.93. The van der Waals surface area contributed by atoms with Gasteiger partial charge in [0, 0.05) is 10.5 Å². The zero-order chi connectivity index (χ0) is 11.5. The van der Waals surface area contributed by atoms with Crippen molar-refractivity contribution in [3.05, 3.63) is 58.2 Å². The largest absolute Gasteiger partial charge is 0.416 e. The Morgan fingerprint density at radius 3 is 2.56 bits per heavy atom. The molecule has 16 heavy (non-hydrogen) atoms. The molecule has 1 aromatic heterocycles. The topological polar surface area (TPSA) is 86.2 Å². The lowest BCUT2D eigenvalue weighted by atomic mass is 10.1. The number of aromatic nitrogens is 1. The molecule has 0 N–H and O–H groups in total. The molecule has 0 unspecified atom stereocenters. The first-order chi connectivity index (χ1) is 7.68. The fourth-order valence-electron chi connectivity index (χ4n) is 1.17. The zero-order valence-electron chi connectivity index (χ0n) is 7.99. The summed E-state index contributed by atoms with van der Waals surface area (Å²) in [5.41, 5.74) is 0.374. The number of hydrogen-bond donors (Lipinski definition) is 0. The number of benzene rings is 1. The summed E-state index contributed by atoms with van der Waals surface area (Å²) in [7, 11) is 0. The van der Waals surface area contributed by atoms with Crippen LogP contribution in [-0.4, -0.2) is 15.7 Å². The molecule has 6 nitrogen and oxygen atoms in total. The molecule has 1 aromatic carbocycles. The minimum Gasteiger partial charge on any atom is -0.416 e. The van der Waals surface area contributed by atoms with E-state index in [1.165, 1.54) is 0 Å². The summed E-state index contributed by atoms with van der Waals surface area (Å²) in [6.07, 6.45) is 0.843. The third-order valence-electron chi connectivity index (χ3n) is 1.91. The Labute approximate surface area is 89.7 Å². The van der Waals surface area contributed by atoms with E-state index in [1.807, 2.05) is 0 Å². The maximum Gasteiger partial charge on any atom is 0.403 e. The van der Waals surface area contributed by atoms with Crippen molar-refractivity contribution in [1.29, 1.82) is 0 Å². The van der Waals surface area contributed by atoms with Gasteiger partial charge in [-0.1, -0.05) is 30.3 Å². The molecule has 0 aliphatic heterocycles. The molecule has 0 aliphatic rings. The predicted octanol–water partition coefficient (Wildman–Crippen LogP) is 1.81. The highest BCUT2D eigenvalue weighted by atomic mass is 16.6. The first kappa shape index (κ1) is 10.0. The second-order valence-electron chi connectivity index (χ2n) is 2.96. The van der Waals surface area contributed by atoms with Crippen LogP contribution in [0.4, 0.5) is 5.82 Å². The summed E-state index contributed by atoms with van der Waals surface area (Å²) in [5.74, 6) is -1.23. The molecule has 0 spiro atoms. The molecule has 0 fully saturated rings. The minimum absolute atomic E-state index is 0.280. The van der Waals surface area contributed by atoms with Crippen LogP contribution < -0.4 is 0 Å². The van der Waals surface area contributed by atoms with Crippen LogP contribution >= 0.6 is 0 Å². The first-order valence-corrected chi connectivity index (χ1v) is 4.38. The Kier molecular flexibility index (Phi) is 2.47. The molecule has 0 saturated heterocycles. The maximum atomic E-state index is 11.7. The van der Waals surface area contributed by atoms with Crippen LogP contribution in [0.5, 0.6) is 0 Å². The Balaban J connectivity index is 2.31. The summed E-state index contributed by atoms with van der Waals surface area (Å²) in [6.45, 7) is 0. The lowest BCUT2D eigenvalue weighted by Crippen LogP contribution is -2.01. The number of ketones is 1. The molecule has 0 saturated carbocycles. The summed E-state index contributed by atoms with van der Waals surface area (Å²) in [4.78, 5) is 24.8. The SMILES string of the molecule is O=C(c1ccccc1)c1nc([N+](=O)[O-])co1. The van der Waals surface area contributed by atoms with Gasteiger partial charge >= 0.3 is 11.7 Å². The lowest BCUT2D eigenvalue weighted by molar-refractivity contribution is -0.389. The summed E-state index contributed by atoms with van der Waals surface area (Å²) in [5, 5.41) is 10.3. The average Bonchev–Trinajstić information content (AvgIpc) is 2.78. The lowest BCUT2D eigenvalue weighted by Gasteiger charge is -1.91. The normalized spacial score (nSPS) is 10.0. The van der Waals surface area contributed by atoms with Crippen LogP contribution in [-0.2, 0) is 0 Å². The number of nitrogens with zero attached hydrogens (tertiary/aromatic N) is 2. The van der Waals surface area contributed by atoms with Gasteiger partial charge in [-0.05, 0) is 4.92 Å². The van der Waals surface area contributed by atoms with Crippen molar-refractivity contribution < 1.29 is 14.1 Å². The van der Waals surface area contributed by atoms with Crippen LogP contribution in [0.3, 0.4) is 0 Å². The Hall–Kier alpha value is -2.50. The fraction of sp³-hybridized carbons (Fsp3) is 0. The third kappa shape index (κ3) is 1.81. The van der Waals surface area contributed by atoms with Crippen molar-refractivity contribution in [2.75, 3.05) is 0 Å². The van der Waals surface area contributed by atoms with E-state index in [9.17, 15) is 14.9 Å². The molecule has 1 heterocycles. The van der Waals surface area contributed by atoms with Crippen molar-refractivity contribution >= 4 is 11.6 Å². The van der Waals surface area contributed by atoms with Crippen LogP contribution in [0.1, 0.15) is 16.2 Å². The van der Waals surface area contributed by atoms with Gasteiger partial charge < -0.3 is 14.5 Å². The van der Waals surface area contributed by atoms with Gasteiger partial charge in [-0.15, -0.1) is 0 Å². The van der Waals surface area contributed by atoms with Crippen molar-refractivity contribution in [2.45, 2.75) is 0 Å². The van der Waals surface area contributed by atoms with Crippen molar-refractivity contribution in [3.63, 3.8) is 0 Å². The van der Waals surface area contributed by atoms with E-state index >= 15 is 0 Å². The van der Waals surface area contributed by atoms with Gasteiger partial charge in [0.2, 0.25) is 0 Å². The van der Waals surface area contributed by atoms with E-state index in [-0.39, 0.29) is 5.89 Å². The van der Waals surface area contributed by atoms with Gasteiger partial charge in [-0.2, -0.15) is 0 Å². The highest BCUT2D eigenvalue weighted by molar-refractivity contribution is 6.05. The summed E-state index contributed by atoms with van der Waals surface area (Å²) in [6, 6.07) is 8.29. The van der Waals surface area contributed by atoms with Gasteiger partial charge in [0.15, 0.2) is 6.26 Å². The van der Waals surface area contributed by atoms with E-state index in [4.69, 9.17) is 4.42 Å². The van der Waals surface area contributed by atoms with Gasteiger partial charge in [0.05, 0.1) is 0 Å². The molecule has 0 radical (unpaired) electrons. The predicted molar refractivity (Wildman–Crippen MR) is 53.0 cm³/mol. The number of nitro groups is 1. The Morgan fingerprint density at radius 1 is 1.31 bits per heavy atom. The van der Waals surface area contributed by atoms with E-state index in [0.29, 0.717) is 5.56 Å². The molecular weight excluding hydrogens is 212 g/mol. The second-order valence-corrected chi connectivity index (χ2v) is 2.96. The van der Waals surface area contributed by atoms with E-state index in [2.05, 4.69) is 4.98 Å². The number of carbonyl (C=O) groups is 1. The number of hydrogen-bond acceptors (Lipinski definition) is 5. The van der Waals surface area contributed by atoms with E-state index in [0.717, 1.165) is 6.26 Å². The highest BCUT2D eigenvalue weighted by Crippen LogP contribution is 2.13. The molecule has 0 amide bonds. The number of rotatable bonds is 3. The van der Waals surface area contributed by atoms with Crippen LogP contribution in [0.2, 0.25) is 0 Å². The van der Waals surface area contributed by atoms with Gasteiger partial charge in [-0.3, -0.25) is 4.79 Å². The number of carbonyl (C=O) groups excluding carboxylic acids is 1. The quantitative estimate of drug-likeness (QED) is 0.445. The van der Waals surface area contributed by atoms with Crippen molar-refractivity contribution in [1.82, 2.24) is 4.98 Å². The number of oxazole rings is 1. The Morgan fingerprint density at radius 2 is 2.00 bits per heavy atom. The fourth-order valence-corrected chi connectivity index (χ4v) is 1.17. The van der Waals surface area contributed by atoms with Crippen LogP contribution in [0, 0.1) is 10.1 Å². The van der Waals surface area contributed by atoms with Gasteiger partial charge in [0.1, 0.15) is 0 Å². The van der Waals surface area contributed by atoms with Gasteiger partial charge in [0.25, 0.3) is 5.78 Å². The first-order valence-electron chi connectivity index (χ1n) is 4.38. The monoisotopic (exact) mass is 218 g/mol. The molecule has 0 bridgehead atoms. The molecule has 6 heteroatoms. The van der Waals surface area contributed by atoms with Crippen molar-refractivity contribution in [2.24, 2.45) is 0 Å². The standard InChI is InChI=1S/C10H6N2O4/c13-9(7-4-2-1-3-5-7)10-11-8(6-16-10)12(14)15/h1-6H.